The van der Waals surface area contributed by atoms with Crippen LogP contribution in [-0.2, 0) is 22.6 Å². The maximum absolute atomic E-state index is 11.9. The van der Waals surface area contributed by atoms with E-state index in [1.54, 1.807) is 0 Å². The van der Waals surface area contributed by atoms with Gasteiger partial charge in [0.05, 0.1) is 10.8 Å². The number of amides is 1. The van der Waals surface area contributed by atoms with Crippen molar-refractivity contribution in [3.8, 4) is 0 Å². The Kier molecular flexibility index (Phi) is 6.21. The number of rotatable bonds is 9. The van der Waals surface area contributed by atoms with Gasteiger partial charge in [-0.1, -0.05) is 30.3 Å². The number of benzene rings is 1. The third-order valence-corrected chi connectivity index (χ3v) is 3.62. The second-order valence-corrected chi connectivity index (χ2v) is 5.50. The van der Waals surface area contributed by atoms with Crippen molar-refractivity contribution in [1.82, 2.24) is 15.1 Å². The molecule has 9 heteroatoms. The normalized spacial score (nSPS) is 11.7. The molecule has 1 amide bonds. The maximum atomic E-state index is 11.9. The average molecular weight is 346 g/mol. The molecular formula is C16H18N4O5. The zero-order chi connectivity index (χ0) is 18.2. The Morgan fingerprint density at radius 3 is 2.64 bits per heavy atom. The van der Waals surface area contributed by atoms with E-state index < -0.39 is 16.8 Å². The molecule has 25 heavy (non-hydrogen) atoms. The number of carboxylic acids is 1. The minimum Gasteiger partial charge on any atom is -0.481 e. The molecule has 0 saturated heterocycles. The van der Waals surface area contributed by atoms with Crippen LogP contribution in [0.15, 0.2) is 42.7 Å². The summed E-state index contributed by atoms with van der Waals surface area (Å²) in [5, 5.41) is 26.2. The first-order valence-corrected chi connectivity index (χ1v) is 7.66. The van der Waals surface area contributed by atoms with E-state index >= 15 is 0 Å². The van der Waals surface area contributed by atoms with Crippen LogP contribution in [0.2, 0.25) is 0 Å². The van der Waals surface area contributed by atoms with Gasteiger partial charge in [0.25, 0.3) is 0 Å². The summed E-state index contributed by atoms with van der Waals surface area (Å²) < 4.78 is 1.30. The van der Waals surface area contributed by atoms with Gasteiger partial charge in [-0.3, -0.25) is 24.4 Å². The summed E-state index contributed by atoms with van der Waals surface area (Å²) >= 11 is 0. The van der Waals surface area contributed by atoms with Crippen LogP contribution in [0.3, 0.4) is 0 Å². The van der Waals surface area contributed by atoms with E-state index in [0.717, 1.165) is 11.8 Å². The van der Waals surface area contributed by atoms with Crippen LogP contribution in [0, 0.1) is 16.0 Å². The fraction of sp³-hybridized carbons (Fsp3) is 0.312. The molecule has 1 aromatic heterocycles. The number of hydrogen-bond acceptors (Lipinski definition) is 5. The molecule has 0 spiro atoms. The minimum absolute atomic E-state index is 0.0162. The predicted octanol–water partition coefficient (Wildman–Crippen LogP) is 1.24. The van der Waals surface area contributed by atoms with Crippen molar-refractivity contribution in [2.24, 2.45) is 5.92 Å². The van der Waals surface area contributed by atoms with E-state index in [1.165, 1.54) is 10.9 Å². The standard InChI is InChI=1S/C16H18N4O5/c21-15(6-7-19-11-14(10-18-19)20(24)25)17-9-13(16(22)23)8-12-4-2-1-3-5-12/h1-5,10-11,13H,6-9H2,(H,17,21)(H,22,23). The van der Waals surface area contributed by atoms with Crippen molar-refractivity contribution in [2.45, 2.75) is 19.4 Å². The molecule has 9 nitrogen and oxygen atoms in total. The fourth-order valence-electron chi connectivity index (χ4n) is 2.26. The Balaban J connectivity index is 1.80. The van der Waals surface area contributed by atoms with Crippen LogP contribution >= 0.6 is 0 Å². The van der Waals surface area contributed by atoms with Gasteiger partial charge in [0.1, 0.15) is 12.4 Å². The lowest BCUT2D eigenvalue weighted by molar-refractivity contribution is -0.385. The van der Waals surface area contributed by atoms with E-state index in [2.05, 4.69) is 10.4 Å². The van der Waals surface area contributed by atoms with E-state index in [-0.39, 0.29) is 31.1 Å². The Morgan fingerprint density at radius 2 is 2.04 bits per heavy atom. The third-order valence-electron chi connectivity index (χ3n) is 3.62. The highest BCUT2D eigenvalue weighted by Gasteiger charge is 2.19. The van der Waals surface area contributed by atoms with Crippen LogP contribution in [0.4, 0.5) is 5.69 Å². The molecule has 1 heterocycles. The molecule has 1 unspecified atom stereocenters. The van der Waals surface area contributed by atoms with Gasteiger partial charge in [-0.25, -0.2) is 0 Å². The highest BCUT2D eigenvalue weighted by Crippen LogP contribution is 2.09. The monoisotopic (exact) mass is 346 g/mol. The summed E-state index contributed by atoms with van der Waals surface area (Å²) in [7, 11) is 0. The summed E-state index contributed by atoms with van der Waals surface area (Å²) in [4.78, 5) is 33.2. The lowest BCUT2D eigenvalue weighted by Crippen LogP contribution is -2.34. The average Bonchev–Trinajstić information content (AvgIpc) is 3.06. The Bertz CT molecular complexity index is 744. The molecule has 0 bridgehead atoms. The smallest absolute Gasteiger partial charge is 0.308 e. The molecule has 2 N–H and O–H groups in total. The topological polar surface area (TPSA) is 127 Å². The van der Waals surface area contributed by atoms with Crippen LogP contribution in [0.1, 0.15) is 12.0 Å². The summed E-state index contributed by atoms with van der Waals surface area (Å²) in [5.74, 6) is -2.04. The zero-order valence-electron chi connectivity index (χ0n) is 13.4. The first-order valence-electron chi connectivity index (χ1n) is 7.66. The van der Waals surface area contributed by atoms with Crippen molar-refractivity contribution < 1.29 is 19.6 Å². The van der Waals surface area contributed by atoms with Gasteiger partial charge >= 0.3 is 11.7 Å². The zero-order valence-corrected chi connectivity index (χ0v) is 13.4. The highest BCUT2D eigenvalue weighted by atomic mass is 16.6. The van der Waals surface area contributed by atoms with Crippen molar-refractivity contribution in [3.63, 3.8) is 0 Å². The Hall–Kier alpha value is -3.23. The number of aromatic nitrogens is 2. The van der Waals surface area contributed by atoms with Gasteiger partial charge in [0, 0.05) is 19.5 Å². The molecule has 0 radical (unpaired) electrons. The Morgan fingerprint density at radius 1 is 1.32 bits per heavy atom. The van der Waals surface area contributed by atoms with Gasteiger partial charge in [-0.15, -0.1) is 0 Å². The minimum atomic E-state index is -0.980. The van der Waals surface area contributed by atoms with Crippen molar-refractivity contribution in [2.75, 3.05) is 6.54 Å². The molecule has 2 rings (SSSR count). The molecule has 1 atom stereocenters. The highest BCUT2D eigenvalue weighted by molar-refractivity contribution is 5.77. The van der Waals surface area contributed by atoms with Crippen molar-refractivity contribution in [3.05, 3.63) is 58.4 Å². The summed E-state index contributed by atoms with van der Waals surface area (Å²) in [6, 6.07) is 9.18. The van der Waals surface area contributed by atoms with Crippen molar-refractivity contribution in [1.29, 1.82) is 0 Å². The van der Waals surface area contributed by atoms with Gasteiger partial charge in [0.15, 0.2) is 0 Å². The molecule has 0 saturated carbocycles. The lowest BCUT2D eigenvalue weighted by Gasteiger charge is -2.13. The summed E-state index contributed by atoms with van der Waals surface area (Å²) in [6.45, 7) is 0.193. The first kappa shape index (κ1) is 18.1. The van der Waals surface area contributed by atoms with E-state index in [0.29, 0.717) is 6.42 Å². The van der Waals surface area contributed by atoms with E-state index in [9.17, 15) is 24.8 Å². The number of carbonyl (C=O) groups excluding carboxylic acids is 1. The molecule has 0 aliphatic rings. The molecular weight excluding hydrogens is 328 g/mol. The number of aryl methyl sites for hydroxylation is 1. The molecule has 2 aromatic rings. The molecule has 0 aliphatic carbocycles. The van der Waals surface area contributed by atoms with Gasteiger partial charge in [0.2, 0.25) is 5.91 Å². The number of nitrogens with one attached hydrogen (secondary N) is 1. The molecule has 0 aliphatic heterocycles. The van der Waals surface area contributed by atoms with Crippen molar-refractivity contribution >= 4 is 17.6 Å². The largest absolute Gasteiger partial charge is 0.481 e. The molecule has 132 valence electrons. The molecule has 0 fully saturated rings. The predicted molar refractivity (Wildman–Crippen MR) is 87.8 cm³/mol. The number of aliphatic carboxylic acids is 1. The number of carbonyl (C=O) groups is 2. The quantitative estimate of drug-likeness (QED) is 0.519. The Labute approximate surface area is 143 Å². The summed E-state index contributed by atoms with van der Waals surface area (Å²) in [5.41, 5.74) is 0.738. The number of carboxylic acid groups (broad SMARTS) is 1. The summed E-state index contributed by atoms with van der Waals surface area (Å²) in [6.07, 6.45) is 2.72. The maximum Gasteiger partial charge on any atom is 0.308 e. The number of nitrogens with zero attached hydrogens (tertiary/aromatic N) is 3. The van der Waals surface area contributed by atoms with Crippen LogP contribution < -0.4 is 5.32 Å². The second kappa shape index (κ2) is 8.57. The molecule has 1 aromatic carbocycles. The second-order valence-electron chi connectivity index (χ2n) is 5.50. The van der Waals surface area contributed by atoms with Crippen LogP contribution in [0.25, 0.3) is 0 Å². The first-order chi connectivity index (χ1) is 12.0. The van der Waals surface area contributed by atoms with E-state index in [4.69, 9.17) is 0 Å². The van der Waals surface area contributed by atoms with Gasteiger partial charge in [-0.2, -0.15) is 5.10 Å². The number of nitro groups is 1. The van der Waals surface area contributed by atoms with Crippen LogP contribution in [-0.4, -0.2) is 38.2 Å². The fourth-order valence-corrected chi connectivity index (χ4v) is 2.26. The lowest BCUT2D eigenvalue weighted by atomic mass is 9.99. The van der Waals surface area contributed by atoms with Gasteiger partial charge in [-0.05, 0) is 12.0 Å². The van der Waals surface area contributed by atoms with Gasteiger partial charge < -0.3 is 10.4 Å². The SMILES string of the molecule is O=C(CCn1cc([N+](=O)[O-])cn1)NCC(Cc1ccccc1)C(=O)O. The van der Waals surface area contributed by atoms with Crippen LogP contribution in [0.5, 0.6) is 0 Å². The van der Waals surface area contributed by atoms with E-state index in [1.807, 2.05) is 30.3 Å². The third kappa shape index (κ3) is 5.72. The number of hydrogen-bond donors (Lipinski definition) is 2.